The number of hydrogen-bond donors (Lipinski definition) is 0. The van der Waals surface area contributed by atoms with Crippen LogP contribution >= 0.6 is 11.6 Å². The molecule has 3 nitrogen and oxygen atoms in total. The van der Waals surface area contributed by atoms with Crippen LogP contribution < -0.4 is 0 Å². The molecule has 4 heteroatoms. The van der Waals surface area contributed by atoms with E-state index in [9.17, 15) is 0 Å². The zero-order valence-corrected chi connectivity index (χ0v) is 14.9. The van der Waals surface area contributed by atoms with E-state index in [0.717, 1.165) is 35.8 Å². The number of aromatic nitrogens is 2. The van der Waals surface area contributed by atoms with Gasteiger partial charge in [0.15, 0.2) is 0 Å². The molecule has 25 heavy (non-hydrogen) atoms. The molecule has 0 saturated carbocycles. The summed E-state index contributed by atoms with van der Waals surface area (Å²) >= 11 is 6.07. The molecule has 0 radical (unpaired) electrons. The molecule has 1 aliphatic heterocycles. The predicted octanol–water partition coefficient (Wildman–Crippen LogP) is 4.76. The number of nitrogens with zero attached hydrogens (tertiary/aromatic N) is 3. The first kappa shape index (κ1) is 16.2. The average Bonchev–Trinajstić information content (AvgIpc) is 2.81. The van der Waals surface area contributed by atoms with E-state index in [1.165, 1.54) is 16.7 Å². The second-order valence-electron chi connectivity index (χ2n) is 6.63. The summed E-state index contributed by atoms with van der Waals surface area (Å²) in [5.74, 6) is 0.396. The van der Waals surface area contributed by atoms with Gasteiger partial charge in [0.2, 0.25) is 0 Å². The molecule has 0 N–H and O–H groups in total. The Morgan fingerprint density at radius 1 is 1.08 bits per heavy atom. The van der Waals surface area contributed by atoms with E-state index in [2.05, 4.69) is 52.2 Å². The van der Waals surface area contributed by atoms with Gasteiger partial charge in [0, 0.05) is 35.4 Å². The smallest absolute Gasteiger partial charge is 0.0885 e. The fourth-order valence-electron chi connectivity index (χ4n) is 3.61. The molecule has 1 atom stereocenters. The van der Waals surface area contributed by atoms with Crippen molar-refractivity contribution in [1.29, 1.82) is 0 Å². The predicted molar refractivity (Wildman–Crippen MR) is 102 cm³/mol. The Hall–Kier alpha value is -2.23. The zero-order chi connectivity index (χ0) is 17.2. The van der Waals surface area contributed by atoms with Crippen molar-refractivity contribution in [1.82, 2.24) is 14.9 Å². The van der Waals surface area contributed by atoms with Crippen LogP contribution in [0.4, 0.5) is 0 Å². The van der Waals surface area contributed by atoms with Crippen LogP contribution in [-0.4, -0.2) is 28.5 Å². The number of benzene rings is 2. The van der Waals surface area contributed by atoms with E-state index in [1.807, 2.05) is 18.3 Å². The van der Waals surface area contributed by atoms with Crippen molar-refractivity contribution < 1.29 is 0 Å². The van der Waals surface area contributed by atoms with Crippen LogP contribution in [0.15, 0.2) is 61.1 Å². The fraction of sp³-hybridized carbons (Fsp3) is 0.238. The lowest BCUT2D eigenvalue weighted by molar-refractivity contribution is 0.328. The van der Waals surface area contributed by atoms with Crippen molar-refractivity contribution in [3.05, 3.63) is 82.8 Å². The van der Waals surface area contributed by atoms with Gasteiger partial charge in [-0.25, -0.2) is 0 Å². The lowest BCUT2D eigenvalue weighted by Crippen LogP contribution is -2.17. The molecule has 1 aliphatic rings. The van der Waals surface area contributed by atoms with Gasteiger partial charge >= 0.3 is 0 Å². The van der Waals surface area contributed by atoms with Crippen molar-refractivity contribution in [2.45, 2.75) is 18.9 Å². The second-order valence-corrected chi connectivity index (χ2v) is 7.07. The third-order valence-corrected chi connectivity index (χ3v) is 5.14. The molecule has 126 valence electrons. The number of fused-ring (bicyclic) bond motifs is 1. The number of halogens is 1. The van der Waals surface area contributed by atoms with E-state index in [0.29, 0.717) is 5.92 Å². The van der Waals surface area contributed by atoms with Crippen molar-refractivity contribution in [2.75, 3.05) is 13.6 Å². The minimum absolute atomic E-state index is 0.396. The minimum Gasteiger partial charge on any atom is -0.302 e. The molecular formula is C21H20ClN3. The summed E-state index contributed by atoms with van der Waals surface area (Å²) in [6.45, 7) is 2.02. The van der Waals surface area contributed by atoms with Crippen molar-refractivity contribution in [3.63, 3.8) is 0 Å². The average molecular weight is 350 g/mol. The highest BCUT2D eigenvalue weighted by Crippen LogP contribution is 2.35. The van der Waals surface area contributed by atoms with Crippen LogP contribution in [0, 0.1) is 0 Å². The molecule has 4 rings (SSSR count). The van der Waals surface area contributed by atoms with Gasteiger partial charge in [-0.15, -0.1) is 0 Å². The Kier molecular flexibility index (Phi) is 4.51. The quantitative estimate of drug-likeness (QED) is 0.667. The highest BCUT2D eigenvalue weighted by atomic mass is 35.5. The Morgan fingerprint density at radius 2 is 1.92 bits per heavy atom. The summed E-state index contributed by atoms with van der Waals surface area (Å²) in [7, 11) is 2.18. The molecule has 2 heterocycles. The molecule has 0 fully saturated rings. The monoisotopic (exact) mass is 349 g/mol. The summed E-state index contributed by atoms with van der Waals surface area (Å²) in [4.78, 5) is 11.0. The van der Waals surface area contributed by atoms with E-state index in [1.54, 1.807) is 12.4 Å². The van der Waals surface area contributed by atoms with Crippen molar-refractivity contribution in [3.8, 4) is 11.3 Å². The van der Waals surface area contributed by atoms with Crippen LogP contribution in [0.3, 0.4) is 0 Å². The highest BCUT2D eigenvalue weighted by molar-refractivity contribution is 6.30. The van der Waals surface area contributed by atoms with Gasteiger partial charge in [-0.05, 0) is 54.9 Å². The van der Waals surface area contributed by atoms with Crippen molar-refractivity contribution >= 4 is 11.6 Å². The first-order chi connectivity index (χ1) is 12.2. The highest BCUT2D eigenvalue weighted by Gasteiger charge is 2.23. The minimum atomic E-state index is 0.396. The molecule has 0 saturated heterocycles. The fourth-order valence-corrected chi connectivity index (χ4v) is 3.73. The first-order valence-electron chi connectivity index (χ1n) is 8.54. The maximum absolute atomic E-state index is 6.07. The molecule has 0 bridgehead atoms. The summed E-state index contributed by atoms with van der Waals surface area (Å²) < 4.78 is 0. The van der Waals surface area contributed by atoms with Gasteiger partial charge in [0.05, 0.1) is 11.9 Å². The summed E-state index contributed by atoms with van der Waals surface area (Å²) in [5.41, 5.74) is 6.13. The molecule has 0 amide bonds. The Bertz CT molecular complexity index is 862. The van der Waals surface area contributed by atoms with E-state index in [-0.39, 0.29) is 0 Å². The zero-order valence-electron chi connectivity index (χ0n) is 14.2. The third-order valence-electron chi connectivity index (χ3n) is 4.89. The Balaban J connectivity index is 1.78. The Labute approximate surface area is 153 Å². The molecule has 0 spiro atoms. The van der Waals surface area contributed by atoms with Crippen LogP contribution in [0.25, 0.3) is 11.3 Å². The van der Waals surface area contributed by atoms with Crippen LogP contribution in [0.2, 0.25) is 5.02 Å². The summed E-state index contributed by atoms with van der Waals surface area (Å²) in [6.07, 6.45) is 6.37. The van der Waals surface area contributed by atoms with Gasteiger partial charge < -0.3 is 4.90 Å². The summed E-state index contributed by atoms with van der Waals surface area (Å²) in [5, 5.41) is 0.785. The molecule has 1 aromatic heterocycles. The maximum Gasteiger partial charge on any atom is 0.0885 e. The molecule has 1 unspecified atom stereocenters. The van der Waals surface area contributed by atoms with Gasteiger partial charge in [0.25, 0.3) is 0 Å². The van der Waals surface area contributed by atoms with E-state index >= 15 is 0 Å². The standard InChI is InChI=1S/C21H20ClN3/c1-25-11-8-20(15-2-5-18(22)6-3-15)19-7-4-16(12-17(19)14-25)21-13-23-9-10-24-21/h2-7,9-10,12-13,20H,8,11,14H2,1H3. The summed E-state index contributed by atoms with van der Waals surface area (Å²) in [6, 6.07) is 15.0. The lowest BCUT2D eigenvalue weighted by Gasteiger charge is -2.18. The maximum atomic E-state index is 6.07. The lowest BCUT2D eigenvalue weighted by atomic mass is 9.86. The molecule has 2 aromatic carbocycles. The molecular weight excluding hydrogens is 330 g/mol. The van der Waals surface area contributed by atoms with Crippen molar-refractivity contribution in [2.24, 2.45) is 0 Å². The van der Waals surface area contributed by atoms with Gasteiger partial charge in [-0.3, -0.25) is 9.97 Å². The van der Waals surface area contributed by atoms with Gasteiger partial charge in [-0.2, -0.15) is 0 Å². The van der Waals surface area contributed by atoms with Gasteiger partial charge in [-0.1, -0.05) is 35.9 Å². The van der Waals surface area contributed by atoms with Crippen LogP contribution in [0.1, 0.15) is 29.0 Å². The molecule has 3 aromatic rings. The third kappa shape index (κ3) is 3.44. The first-order valence-corrected chi connectivity index (χ1v) is 8.92. The van der Waals surface area contributed by atoms with E-state index in [4.69, 9.17) is 11.6 Å². The SMILES string of the molecule is CN1CCC(c2ccc(Cl)cc2)c2ccc(-c3cnccn3)cc2C1. The topological polar surface area (TPSA) is 29.0 Å². The van der Waals surface area contributed by atoms with Gasteiger partial charge in [0.1, 0.15) is 0 Å². The second kappa shape index (κ2) is 6.95. The normalized spacial score (nSPS) is 17.8. The number of rotatable bonds is 2. The number of hydrogen-bond acceptors (Lipinski definition) is 3. The Morgan fingerprint density at radius 3 is 2.68 bits per heavy atom. The van der Waals surface area contributed by atoms with Crippen LogP contribution in [-0.2, 0) is 6.54 Å². The largest absolute Gasteiger partial charge is 0.302 e. The van der Waals surface area contributed by atoms with Crippen LogP contribution in [0.5, 0.6) is 0 Å². The van der Waals surface area contributed by atoms with E-state index < -0.39 is 0 Å². The molecule has 0 aliphatic carbocycles.